The van der Waals surface area contributed by atoms with E-state index in [1.54, 1.807) is 36.0 Å². The third-order valence-corrected chi connectivity index (χ3v) is 6.94. The van der Waals surface area contributed by atoms with Crippen molar-refractivity contribution in [3.63, 3.8) is 0 Å². The van der Waals surface area contributed by atoms with Gasteiger partial charge in [-0.25, -0.2) is 0 Å². The molecule has 7 heteroatoms. The zero-order chi connectivity index (χ0) is 19.9. The number of carbonyl (C=O) groups is 2. The third-order valence-electron chi connectivity index (χ3n) is 5.21. The standard InChI is InChI=1S/C21H19ClN2O3S/c1-13-21(20(26)24(23-13)17-10-8-16(22)9-11-17)18(27-14(2)25)12-28-19(21)15-6-4-3-5-7-15/h3-11,18-19H,12H2,1-2H3/t18-,19-,21+/m1/s1. The first-order valence-electron chi connectivity index (χ1n) is 8.94. The van der Waals surface area contributed by atoms with Crippen molar-refractivity contribution in [3.8, 4) is 0 Å². The van der Waals surface area contributed by atoms with E-state index >= 15 is 0 Å². The summed E-state index contributed by atoms with van der Waals surface area (Å²) in [5.74, 6) is -0.0479. The van der Waals surface area contributed by atoms with Gasteiger partial charge < -0.3 is 4.74 Å². The molecule has 0 bridgehead atoms. The molecule has 0 radical (unpaired) electrons. The molecule has 1 amide bonds. The van der Waals surface area contributed by atoms with Gasteiger partial charge in [-0.2, -0.15) is 10.1 Å². The predicted molar refractivity (Wildman–Crippen MR) is 112 cm³/mol. The number of nitrogens with zero attached hydrogens (tertiary/aromatic N) is 2. The summed E-state index contributed by atoms with van der Waals surface area (Å²) >= 11 is 7.61. The molecule has 28 heavy (non-hydrogen) atoms. The van der Waals surface area contributed by atoms with Gasteiger partial charge in [0.25, 0.3) is 5.91 Å². The highest BCUT2D eigenvalue weighted by molar-refractivity contribution is 8.00. The molecular formula is C21H19ClN2O3S. The van der Waals surface area contributed by atoms with Gasteiger partial charge in [0.15, 0.2) is 0 Å². The second-order valence-electron chi connectivity index (χ2n) is 6.87. The van der Waals surface area contributed by atoms with Gasteiger partial charge in [-0.15, -0.1) is 11.8 Å². The van der Waals surface area contributed by atoms with Crippen molar-refractivity contribution in [2.45, 2.75) is 25.2 Å². The molecule has 0 unspecified atom stereocenters. The SMILES string of the molecule is CC(=O)O[C@@H]1CS[C@H](c2ccccc2)[C@@]12C(=O)N(c1ccc(Cl)cc1)N=C2C. The summed E-state index contributed by atoms with van der Waals surface area (Å²) in [4.78, 5) is 25.5. The van der Waals surface area contributed by atoms with Crippen LogP contribution in [0.5, 0.6) is 0 Å². The number of hydrazone groups is 1. The molecule has 144 valence electrons. The maximum absolute atomic E-state index is 13.8. The summed E-state index contributed by atoms with van der Waals surface area (Å²) in [6, 6.07) is 16.8. The zero-order valence-electron chi connectivity index (χ0n) is 15.5. The lowest BCUT2D eigenvalue weighted by molar-refractivity contribution is -0.151. The summed E-state index contributed by atoms with van der Waals surface area (Å²) in [6.07, 6.45) is -0.575. The number of esters is 1. The van der Waals surface area contributed by atoms with Crippen LogP contribution in [0.2, 0.25) is 5.02 Å². The summed E-state index contributed by atoms with van der Waals surface area (Å²) in [6.45, 7) is 3.21. The van der Waals surface area contributed by atoms with Crippen LogP contribution >= 0.6 is 23.4 Å². The van der Waals surface area contributed by atoms with E-state index in [1.165, 1.54) is 11.9 Å². The number of benzene rings is 2. The number of anilines is 1. The number of hydrogen-bond acceptors (Lipinski definition) is 5. The lowest BCUT2D eigenvalue weighted by atomic mass is 9.73. The Hall–Kier alpha value is -2.31. The largest absolute Gasteiger partial charge is 0.460 e. The molecule has 1 spiro atoms. The minimum atomic E-state index is -1.03. The van der Waals surface area contributed by atoms with Crippen LogP contribution < -0.4 is 5.01 Å². The van der Waals surface area contributed by atoms with Crippen molar-refractivity contribution >= 4 is 46.6 Å². The lowest BCUT2D eigenvalue weighted by Gasteiger charge is -2.33. The number of hydrogen-bond donors (Lipinski definition) is 0. The molecule has 4 rings (SSSR count). The maximum Gasteiger partial charge on any atom is 0.302 e. The second kappa shape index (κ2) is 7.26. The van der Waals surface area contributed by atoms with Crippen LogP contribution in [0, 0.1) is 5.41 Å². The molecule has 0 saturated carbocycles. The molecule has 2 aromatic carbocycles. The first-order valence-corrected chi connectivity index (χ1v) is 10.4. The molecule has 2 heterocycles. The van der Waals surface area contributed by atoms with Crippen molar-refractivity contribution in [2.24, 2.45) is 10.5 Å². The molecule has 0 aromatic heterocycles. The molecule has 1 fully saturated rings. The topological polar surface area (TPSA) is 59.0 Å². The Labute approximate surface area is 172 Å². The number of carbonyl (C=O) groups excluding carboxylic acids is 2. The lowest BCUT2D eigenvalue weighted by Crippen LogP contribution is -2.50. The fourth-order valence-corrected chi connectivity index (χ4v) is 5.83. The third kappa shape index (κ3) is 2.91. The van der Waals surface area contributed by atoms with Crippen molar-refractivity contribution < 1.29 is 14.3 Å². The van der Waals surface area contributed by atoms with E-state index in [4.69, 9.17) is 16.3 Å². The van der Waals surface area contributed by atoms with Crippen molar-refractivity contribution in [2.75, 3.05) is 10.8 Å². The van der Waals surface area contributed by atoms with Gasteiger partial charge in [-0.1, -0.05) is 41.9 Å². The van der Waals surface area contributed by atoms with E-state index in [-0.39, 0.29) is 11.2 Å². The van der Waals surface area contributed by atoms with E-state index in [0.717, 1.165) is 5.56 Å². The van der Waals surface area contributed by atoms with Gasteiger partial charge in [0.05, 0.1) is 16.6 Å². The van der Waals surface area contributed by atoms with Crippen LogP contribution in [0.3, 0.4) is 0 Å². The number of thioether (sulfide) groups is 1. The molecule has 0 N–H and O–H groups in total. The molecule has 5 nitrogen and oxygen atoms in total. The Morgan fingerprint density at radius 1 is 1.21 bits per heavy atom. The van der Waals surface area contributed by atoms with Crippen LogP contribution in [0.25, 0.3) is 0 Å². The average Bonchev–Trinajstić information content (AvgIpc) is 3.17. The minimum absolute atomic E-state index is 0.183. The van der Waals surface area contributed by atoms with Gasteiger partial charge in [0.2, 0.25) is 0 Å². The highest BCUT2D eigenvalue weighted by Crippen LogP contribution is 2.58. The first kappa shape index (κ1) is 19.0. The van der Waals surface area contributed by atoms with Crippen LogP contribution in [0.15, 0.2) is 59.7 Å². The van der Waals surface area contributed by atoms with E-state index < -0.39 is 17.5 Å². The quantitative estimate of drug-likeness (QED) is 0.695. The predicted octanol–water partition coefficient (Wildman–Crippen LogP) is 4.47. The summed E-state index contributed by atoms with van der Waals surface area (Å²) in [7, 11) is 0. The second-order valence-corrected chi connectivity index (χ2v) is 8.44. The molecule has 3 atom stereocenters. The van der Waals surface area contributed by atoms with Crippen molar-refractivity contribution in [1.29, 1.82) is 0 Å². The summed E-state index contributed by atoms with van der Waals surface area (Å²) in [5.41, 5.74) is 1.27. The molecule has 2 aliphatic rings. The Balaban J connectivity index is 1.81. The van der Waals surface area contributed by atoms with Gasteiger partial charge in [0, 0.05) is 17.7 Å². The monoisotopic (exact) mass is 414 g/mol. The highest BCUT2D eigenvalue weighted by Gasteiger charge is 2.65. The van der Waals surface area contributed by atoms with Crippen LogP contribution in [0.4, 0.5) is 5.69 Å². The average molecular weight is 415 g/mol. The van der Waals surface area contributed by atoms with Gasteiger partial charge in [-0.05, 0) is 36.8 Å². The number of halogens is 1. The van der Waals surface area contributed by atoms with Crippen LogP contribution in [-0.4, -0.2) is 29.4 Å². The van der Waals surface area contributed by atoms with E-state index in [0.29, 0.717) is 22.2 Å². The Kier molecular flexibility index (Phi) is 4.93. The van der Waals surface area contributed by atoms with Crippen molar-refractivity contribution in [1.82, 2.24) is 0 Å². The highest BCUT2D eigenvalue weighted by atomic mass is 35.5. The Morgan fingerprint density at radius 2 is 1.89 bits per heavy atom. The van der Waals surface area contributed by atoms with Crippen LogP contribution in [0.1, 0.15) is 24.7 Å². The van der Waals surface area contributed by atoms with Gasteiger partial charge in [-0.3, -0.25) is 9.59 Å². The Morgan fingerprint density at radius 3 is 2.54 bits per heavy atom. The molecule has 0 aliphatic carbocycles. The fraction of sp³-hybridized carbons (Fsp3) is 0.286. The maximum atomic E-state index is 13.8. The fourth-order valence-electron chi connectivity index (χ4n) is 3.97. The molecular weight excluding hydrogens is 396 g/mol. The number of amides is 1. The van der Waals surface area contributed by atoms with Gasteiger partial charge >= 0.3 is 5.97 Å². The summed E-state index contributed by atoms with van der Waals surface area (Å²) < 4.78 is 5.64. The van der Waals surface area contributed by atoms with Crippen molar-refractivity contribution in [3.05, 3.63) is 65.2 Å². The minimum Gasteiger partial charge on any atom is -0.460 e. The van der Waals surface area contributed by atoms with Gasteiger partial charge in [0.1, 0.15) is 11.5 Å². The molecule has 1 saturated heterocycles. The molecule has 2 aromatic rings. The Bertz CT molecular complexity index is 948. The summed E-state index contributed by atoms with van der Waals surface area (Å²) in [5, 5.41) is 6.39. The van der Waals surface area contributed by atoms with E-state index in [1.807, 2.05) is 37.3 Å². The van der Waals surface area contributed by atoms with E-state index in [9.17, 15) is 9.59 Å². The smallest absolute Gasteiger partial charge is 0.302 e. The molecule has 2 aliphatic heterocycles. The number of ether oxygens (including phenoxy) is 1. The number of rotatable bonds is 3. The first-order chi connectivity index (χ1) is 13.4. The van der Waals surface area contributed by atoms with Crippen LogP contribution in [-0.2, 0) is 14.3 Å². The van der Waals surface area contributed by atoms with E-state index in [2.05, 4.69) is 5.10 Å². The normalized spacial score (nSPS) is 26.6. The zero-order valence-corrected chi connectivity index (χ0v) is 17.0.